The first-order valence-electron chi connectivity index (χ1n) is 7.97. The monoisotopic (exact) mass is 298 g/mol. The summed E-state index contributed by atoms with van der Waals surface area (Å²) in [7, 11) is 0. The molecule has 116 valence electrons. The minimum atomic E-state index is -0.236. The van der Waals surface area contributed by atoms with E-state index in [-0.39, 0.29) is 11.9 Å². The van der Waals surface area contributed by atoms with Crippen molar-refractivity contribution in [3.63, 3.8) is 0 Å². The Morgan fingerprint density at radius 3 is 2.41 bits per heavy atom. The van der Waals surface area contributed by atoms with Crippen LogP contribution >= 0.6 is 0 Å². The number of aryl methyl sites for hydroxylation is 2. The van der Waals surface area contributed by atoms with Crippen LogP contribution in [0.1, 0.15) is 36.8 Å². The molecule has 2 N–H and O–H groups in total. The quantitative estimate of drug-likeness (QED) is 0.766. The van der Waals surface area contributed by atoms with E-state index < -0.39 is 0 Å². The van der Waals surface area contributed by atoms with Gasteiger partial charge in [0.2, 0.25) is 0 Å². The number of rotatable bonds is 0. The van der Waals surface area contributed by atoms with E-state index in [1.807, 2.05) is 36.4 Å². The fourth-order valence-corrected chi connectivity index (χ4v) is 2.84. The van der Waals surface area contributed by atoms with Crippen LogP contribution in [0.3, 0.4) is 0 Å². The molecule has 0 unspecified atom stereocenters. The lowest BCUT2D eigenvalue weighted by molar-refractivity contribution is 0.151. The molecule has 0 aromatic heterocycles. The summed E-state index contributed by atoms with van der Waals surface area (Å²) < 4.78 is 5.74. The van der Waals surface area contributed by atoms with Crippen molar-refractivity contribution in [1.82, 2.24) is 0 Å². The molecule has 3 heterocycles. The normalized spacial score (nSPS) is 19.0. The minimum absolute atomic E-state index is 0.175. The molecule has 1 atom stereocenters. The van der Waals surface area contributed by atoms with Crippen LogP contribution in [0.4, 0.5) is 0 Å². The Bertz CT molecular complexity index is 619. The van der Waals surface area contributed by atoms with Gasteiger partial charge in [0.1, 0.15) is 5.75 Å². The van der Waals surface area contributed by atoms with Crippen molar-refractivity contribution in [1.29, 1.82) is 0 Å². The van der Waals surface area contributed by atoms with Crippen LogP contribution in [0.2, 0.25) is 0 Å². The van der Waals surface area contributed by atoms with Gasteiger partial charge in [-0.15, -0.1) is 0 Å². The third-order valence-corrected chi connectivity index (χ3v) is 4.19. The van der Waals surface area contributed by atoms with Crippen LogP contribution in [0.25, 0.3) is 0 Å². The Hall–Kier alpha value is -2.00. The molecule has 0 spiro atoms. The van der Waals surface area contributed by atoms with Crippen molar-refractivity contribution in [2.45, 2.75) is 44.6 Å². The van der Waals surface area contributed by atoms with E-state index in [0.717, 1.165) is 44.1 Å². The van der Waals surface area contributed by atoms with Gasteiger partial charge < -0.3 is 14.9 Å². The highest BCUT2D eigenvalue weighted by Gasteiger charge is 2.09. The Kier molecular flexibility index (Phi) is 4.64. The fraction of sp³-hybridized carbons (Fsp3) is 0.368. The zero-order valence-electron chi connectivity index (χ0n) is 12.7. The number of benzene rings is 2. The number of ether oxygens (including phenoxy) is 1. The molecule has 2 aromatic rings. The van der Waals surface area contributed by atoms with Gasteiger partial charge in [-0.2, -0.15) is 0 Å². The molecular weight excluding hydrogens is 276 g/mol. The van der Waals surface area contributed by atoms with Gasteiger partial charge in [-0.05, 0) is 67.5 Å². The molecule has 3 aliphatic heterocycles. The van der Waals surface area contributed by atoms with E-state index in [1.54, 1.807) is 6.07 Å². The highest BCUT2D eigenvalue weighted by molar-refractivity contribution is 5.44. The third kappa shape index (κ3) is 3.80. The largest absolute Gasteiger partial charge is 0.504 e. The molecule has 0 amide bonds. The molecule has 0 fully saturated rings. The minimum Gasteiger partial charge on any atom is -0.504 e. The molecule has 4 bridgehead atoms. The van der Waals surface area contributed by atoms with Crippen LogP contribution < -0.4 is 4.74 Å². The first kappa shape index (κ1) is 14.9. The highest BCUT2D eigenvalue weighted by Crippen LogP contribution is 2.32. The molecule has 3 heteroatoms. The van der Waals surface area contributed by atoms with Gasteiger partial charge >= 0.3 is 0 Å². The van der Waals surface area contributed by atoms with Crippen molar-refractivity contribution < 1.29 is 14.9 Å². The van der Waals surface area contributed by atoms with E-state index in [9.17, 15) is 10.2 Å². The number of hydrogen-bond acceptors (Lipinski definition) is 3. The van der Waals surface area contributed by atoms with E-state index in [4.69, 9.17) is 4.74 Å². The Labute approximate surface area is 131 Å². The molecule has 3 nitrogen and oxygen atoms in total. The van der Waals surface area contributed by atoms with Crippen molar-refractivity contribution >= 4 is 0 Å². The summed E-state index contributed by atoms with van der Waals surface area (Å²) in [6, 6.07) is 13.4. The van der Waals surface area contributed by atoms with E-state index in [1.165, 1.54) is 5.56 Å². The lowest BCUT2D eigenvalue weighted by Crippen LogP contribution is -2.08. The number of aliphatic hydroxyl groups excluding tert-OH is 1. The maximum atomic E-state index is 10.1. The second-order valence-corrected chi connectivity index (χ2v) is 5.99. The molecule has 2 aromatic carbocycles. The molecule has 0 saturated carbocycles. The van der Waals surface area contributed by atoms with Gasteiger partial charge in [-0.1, -0.05) is 24.6 Å². The van der Waals surface area contributed by atoms with Crippen molar-refractivity contribution in [3.8, 4) is 17.2 Å². The van der Waals surface area contributed by atoms with E-state index in [0.29, 0.717) is 11.5 Å². The number of aliphatic hydroxyl groups is 1. The number of aromatic hydroxyl groups is 1. The van der Waals surface area contributed by atoms with Crippen LogP contribution in [-0.4, -0.2) is 16.3 Å². The summed E-state index contributed by atoms with van der Waals surface area (Å²) in [6.45, 7) is 0. The lowest BCUT2D eigenvalue weighted by atomic mass is 10.0. The molecular formula is C19H22O3. The fourth-order valence-electron chi connectivity index (χ4n) is 2.84. The molecule has 0 aliphatic carbocycles. The van der Waals surface area contributed by atoms with Crippen molar-refractivity contribution in [2.24, 2.45) is 0 Å². The predicted molar refractivity (Wildman–Crippen MR) is 86.5 cm³/mol. The molecule has 0 radical (unpaired) electrons. The summed E-state index contributed by atoms with van der Waals surface area (Å²) >= 11 is 0. The van der Waals surface area contributed by atoms with E-state index >= 15 is 0 Å². The van der Waals surface area contributed by atoms with Crippen LogP contribution in [0, 0.1) is 0 Å². The van der Waals surface area contributed by atoms with Gasteiger partial charge in [-0.25, -0.2) is 0 Å². The van der Waals surface area contributed by atoms with Gasteiger partial charge in [0.25, 0.3) is 0 Å². The second kappa shape index (κ2) is 6.84. The third-order valence-electron chi connectivity index (χ3n) is 4.19. The summed E-state index contributed by atoms with van der Waals surface area (Å²) in [4.78, 5) is 0. The first-order valence-corrected chi connectivity index (χ1v) is 7.97. The van der Waals surface area contributed by atoms with Gasteiger partial charge in [0, 0.05) is 0 Å². The smallest absolute Gasteiger partial charge is 0.169 e. The molecule has 0 saturated heterocycles. The number of hydrogen-bond donors (Lipinski definition) is 2. The van der Waals surface area contributed by atoms with Gasteiger partial charge in [0.15, 0.2) is 11.5 Å². The average Bonchev–Trinajstić information content (AvgIpc) is 2.52. The maximum Gasteiger partial charge on any atom is 0.169 e. The van der Waals surface area contributed by atoms with Crippen LogP contribution in [-0.2, 0) is 12.8 Å². The lowest BCUT2D eigenvalue weighted by Gasteiger charge is -2.13. The maximum absolute atomic E-state index is 10.1. The topological polar surface area (TPSA) is 49.7 Å². The Morgan fingerprint density at radius 1 is 0.864 bits per heavy atom. The van der Waals surface area contributed by atoms with Gasteiger partial charge in [-0.3, -0.25) is 0 Å². The number of phenols is 1. The highest BCUT2D eigenvalue weighted by atomic mass is 16.5. The zero-order valence-corrected chi connectivity index (χ0v) is 12.7. The summed E-state index contributed by atoms with van der Waals surface area (Å²) in [6.07, 6.45) is 5.21. The summed E-state index contributed by atoms with van der Waals surface area (Å²) in [5.74, 6) is 1.37. The zero-order chi connectivity index (χ0) is 15.4. The average molecular weight is 298 g/mol. The van der Waals surface area contributed by atoms with E-state index in [2.05, 4.69) is 0 Å². The summed E-state index contributed by atoms with van der Waals surface area (Å²) in [5, 5.41) is 20.1. The van der Waals surface area contributed by atoms with Gasteiger partial charge in [0.05, 0.1) is 6.10 Å². The Balaban J connectivity index is 1.85. The number of phenolic OH excluding ortho intramolecular Hbond substituents is 1. The SMILES string of the molecule is Oc1cc2ccc1Oc1ccc(cc1)CC[C@@H](O)CCCC2. The first-order chi connectivity index (χ1) is 10.7. The molecule has 3 aliphatic rings. The van der Waals surface area contributed by atoms with Crippen molar-refractivity contribution in [2.75, 3.05) is 0 Å². The second-order valence-electron chi connectivity index (χ2n) is 5.99. The Morgan fingerprint density at radius 2 is 1.64 bits per heavy atom. The van der Waals surface area contributed by atoms with Crippen molar-refractivity contribution in [3.05, 3.63) is 53.6 Å². The summed E-state index contributed by atoms with van der Waals surface area (Å²) in [5.41, 5.74) is 2.29. The van der Waals surface area contributed by atoms with Crippen LogP contribution in [0.15, 0.2) is 42.5 Å². The van der Waals surface area contributed by atoms with Crippen LogP contribution in [0.5, 0.6) is 17.2 Å². The standard InChI is InChI=1S/C19H22O3/c20-16-4-2-1-3-15-8-12-19(18(21)13-15)22-17-10-6-14(5-9-16)7-11-17/h6-8,10-13,16,20-21H,1-5,9H2/t16-/m0/s1. The predicted octanol–water partition coefficient (Wildman–Crippen LogP) is 4.20. The molecule has 5 rings (SSSR count). The molecule has 22 heavy (non-hydrogen) atoms. The number of fused-ring (bicyclic) bond motifs is 2.